The van der Waals surface area contributed by atoms with Crippen molar-refractivity contribution in [1.82, 2.24) is 9.88 Å². The molecule has 2 saturated heterocycles. The second-order valence-electron chi connectivity index (χ2n) is 8.46. The molecular formula is C22H23F6N3O5S. The Kier molecular flexibility index (Phi) is 9.66. The number of carboxylic acids is 2. The number of halogens is 6. The zero-order valence-corrected chi connectivity index (χ0v) is 20.2. The zero-order valence-electron chi connectivity index (χ0n) is 19.3. The Labute approximate surface area is 211 Å². The Balaban J connectivity index is 0.000000286. The number of amides is 1. The van der Waals surface area contributed by atoms with Gasteiger partial charge in [0.05, 0.1) is 5.00 Å². The van der Waals surface area contributed by atoms with E-state index in [1.807, 2.05) is 17.3 Å². The fourth-order valence-corrected chi connectivity index (χ4v) is 4.72. The third kappa shape index (κ3) is 9.00. The Hall–Kier alpha value is -3.20. The molecule has 1 amide bonds. The summed E-state index contributed by atoms with van der Waals surface area (Å²) < 4.78 is 63.5. The van der Waals surface area contributed by atoms with Gasteiger partial charge >= 0.3 is 24.3 Å². The number of rotatable bonds is 3. The molecule has 2 aromatic rings. The van der Waals surface area contributed by atoms with E-state index in [9.17, 15) is 31.1 Å². The highest BCUT2D eigenvalue weighted by Gasteiger charge is 2.48. The van der Waals surface area contributed by atoms with Gasteiger partial charge in [-0.25, -0.2) is 9.59 Å². The average molecular weight is 555 g/mol. The molecule has 204 valence electrons. The number of alkyl halides is 6. The summed E-state index contributed by atoms with van der Waals surface area (Å²) in [6.07, 6.45) is -4.66. The van der Waals surface area contributed by atoms with E-state index >= 15 is 0 Å². The number of aromatic nitrogens is 1. The third-order valence-corrected chi connectivity index (χ3v) is 6.49. The molecule has 1 atom stereocenters. The molecule has 37 heavy (non-hydrogen) atoms. The smallest absolute Gasteiger partial charge is 0.475 e. The molecule has 15 heteroatoms. The zero-order chi connectivity index (χ0) is 28.0. The monoisotopic (exact) mass is 555 g/mol. The van der Waals surface area contributed by atoms with E-state index in [0.29, 0.717) is 6.42 Å². The molecule has 4 rings (SSSR count). The van der Waals surface area contributed by atoms with Gasteiger partial charge < -0.3 is 15.1 Å². The minimum absolute atomic E-state index is 0.141. The maximum absolute atomic E-state index is 12.5. The van der Waals surface area contributed by atoms with Crippen molar-refractivity contribution in [3.05, 3.63) is 47.1 Å². The van der Waals surface area contributed by atoms with Gasteiger partial charge in [-0.15, -0.1) is 11.3 Å². The van der Waals surface area contributed by atoms with Crippen molar-refractivity contribution in [2.24, 2.45) is 5.41 Å². The van der Waals surface area contributed by atoms with Gasteiger partial charge in [0, 0.05) is 48.7 Å². The Morgan fingerprint density at radius 1 is 1.00 bits per heavy atom. The van der Waals surface area contributed by atoms with Crippen molar-refractivity contribution in [2.75, 3.05) is 24.5 Å². The molecule has 2 N–H and O–H groups in total. The normalized spacial score (nSPS) is 19.8. The lowest BCUT2D eigenvalue weighted by atomic mass is 9.86. The lowest BCUT2D eigenvalue weighted by Gasteiger charge is -2.23. The summed E-state index contributed by atoms with van der Waals surface area (Å²) in [5.74, 6) is -5.22. The molecule has 8 nitrogen and oxygen atoms in total. The fraction of sp³-hybridized carbons (Fsp3) is 0.455. The summed E-state index contributed by atoms with van der Waals surface area (Å²) in [5.41, 5.74) is 1.44. The van der Waals surface area contributed by atoms with E-state index in [2.05, 4.69) is 41.1 Å². The van der Waals surface area contributed by atoms with Crippen molar-refractivity contribution in [2.45, 2.75) is 38.7 Å². The topological polar surface area (TPSA) is 111 Å². The van der Waals surface area contributed by atoms with Crippen LogP contribution in [0.1, 0.15) is 23.3 Å². The molecule has 4 heterocycles. The van der Waals surface area contributed by atoms with Gasteiger partial charge in [0.25, 0.3) is 0 Å². The van der Waals surface area contributed by atoms with Gasteiger partial charge in [-0.2, -0.15) is 26.3 Å². The molecule has 2 aliphatic rings. The molecule has 2 fully saturated rings. The third-order valence-electron chi connectivity index (χ3n) is 5.47. The first-order valence-electron chi connectivity index (χ1n) is 10.6. The van der Waals surface area contributed by atoms with Crippen LogP contribution < -0.4 is 4.90 Å². The van der Waals surface area contributed by atoms with Gasteiger partial charge in [0.15, 0.2) is 0 Å². The average Bonchev–Trinajstić information content (AvgIpc) is 3.47. The largest absolute Gasteiger partial charge is 0.490 e. The maximum Gasteiger partial charge on any atom is 0.490 e. The van der Waals surface area contributed by atoms with Crippen LogP contribution in [0.3, 0.4) is 0 Å². The number of carbonyl (C=O) groups excluding carboxylic acids is 1. The van der Waals surface area contributed by atoms with Gasteiger partial charge in [-0.05, 0) is 49.7 Å². The van der Waals surface area contributed by atoms with Gasteiger partial charge in [0.1, 0.15) is 0 Å². The van der Waals surface area contributed by atoms with Crippen molar-refractivity contribution < 1.29 is 50.9 Å². The van der Waals surface area contributed by atoms with Crippen molar-refractivity contribution in [3.63, 3.8) is 0 Å². The second-order valence-corrected chi connectivity index (χ2v) is 9.73. The van der Waals surface area contributed by atoms with E-state index in [-0.39, 0.29) is 11.3 Å². The lowest BCUT2D eigenvalue weighted by Crippen LogP contribution is -2.30. The number of aryl methyl sites for hydroxylation is 1. The number of likely N-dealkylation sites (tertiary alicyclic amines) is 1. The van der Waals surface area contributed by atoms with Gasteiger partial charge in [0.2, 0.25) is 5.91 Å². The molecule has 1 unspecified atom stereocenters. The van der Waals surface area contributed by atoms with Crippen LogP contribution in [-0.2, 0) is 20.9 Å². The first-order chi connectivity index (χ1) is 17.0. The number of thiophene rings is 1. The van der Waals surface area contributed by atoms with Gasteiger partial charge in [-0.1, -0.05) is 0 Å². The van der Waals surface area contributed by atoms with Crippen LogP contribution >= 0.6 is 11.3 Å². The van der Waals surface area contributed by atoms with E-state index < -0.39 is 24.3 Å². The Morgan fingerprint density at radius 3 is 2.00 bits per heavy atom. The van der Waals surface area contributed by atoms with Crippen molar-refractivity contribution >= 4 is 34.2 Å². The van der Waals surface area contributed by atoms with E-state index in [0.717, 1.165) is 37.6 Å². The number of carbonyl (C=O) groups is 3. The van der Waals surface area contributed by atoms with Gasteiger partial charge in [-0.3, -0.25) is 14.7 Å². The minimum Gasteiger partial charge on any atom is -0.475 e. The summed E-state index contributed by atoms with van der Waals surface area (Å²) in [6, 6.07) is 8.33. The number of hydrogen-bond donors (Lipinski definition) is 2. The summed E-state index contributed by atoms with van der Waals surface area (Å²) in [4.78, 5) is 40.1. The maximum atomic E-state index is 12.5. The molecular weight excluding hydrogens is 532 g/mol. The van der Waals surface area contributed by atoms with Crippen LogP contribution in [0.15, 0.2) is 36.7 Å². The minimum atomic E-state index is -5.08. The van der Waals surface area contributed by atoms with Crippen molar-refractivity contribution in [3.8, 4) is 0 Å². The molecule has 1 spiro atoms. The number of nitrogens with zero attached hydrogens (tertiary/aromatic N) is 3. The van der Waals surface area contributed by atoms with E-state index in [1.54, 1.807) is 11.3 Å². The quantitative estimate of drug-likeness (QED) is 0.542. The summed E-state index contributed by atoms with van der Waals surface area (Å²) in [7, 11) is 0. The first-order valence-corrected chi connectivity index (χ1v) is 11.4. The summed E-state index contributed by atoms with van der Waals surface area (Å²) in [6.45, 7) is 6.01. The number of anilines is 1. The van der Waals surface area contributed by atoms with Crippen molar-refractivity contribution in [1.29, 1.82) is 0 Å². The standard InChI is InChI=1S/C18H21N3OS.2C2HF3O2/c1-14-2-3-17(23-14)21-13-18(10-16(21)22)6-9-20(12-18)11-15-4-7-19-8-5-15;2*3-2(4,5)1(6)7/h2-5,7-8H,6,9-13H2,1H3;2*(H,6,7). The molecule has 0 aromatic carbocycles. The van der Waals surface area contributed by atoms with Crippen LogP contribution in [0, 0.1) is 12.3 Å². The highest BCUT2D eigenvalue weighted by Crippen LogP contribution is 2.43. The molecule has 0 saturated carbocycles. The van der Waals surface area contributed by atoms with E-state index in [4.69, 9.17) is 19.8 Å². The number of hydrogen-bond acceptors (Lipinski definition) is 6. The SMILES string of the molecule is Cc1ccc(N2CC3(CCN(Cc4ccncc4)C3)CC2=O)s1.O=C(O)C(F)(F)F.O=C(O)C(F)(F)F. The predicted octanol–water partition coefficient (Wildman–Crippen LogP) is 4.35. The Bertz CT molecular complexity index is 1070. The first kappa shape index (κ1) is 30.0. The number of carboxylic acid groups (broad SMARTS) is 2. The number of pyridine rings is 1. The molecule has 0 radical (unpaired) electrons. The van der Waals surface area contributed by atoms with Crippen LogP contribution in [0.4, 0.5) is 31.3 Å². The highest BCUT2D eigenvalue weighted by molar-refractivity contribution is 7.16. The fourth-order valence-electron chi connectivity index (χ4n) is 3.85. The predicted molar refractivity (Wildman–Crippen MR) is 120 cm³/mol. The number of aliphatic carboxylic acids is 2. The molecule has 0 bridgehead atoms. The van der Waals surface area contributed by atoms with E-state index in [1.165, 1.54) is 10.4 Å². The highest BCUT2D eigenvalue weighted by atomic mass is 32.1. The molecule has 2 aromatic heterocycles. The van der Waals surface area contributed by atoms with Crippen LogP contribution in [-0.4, -0.2) is 69.9 Å². The molecule has 2 aliphatic heterocycles. The molecule has 0 aliphatic carbocycles. The summed E-state index contributed by atoms with van der Waals surface area (Å²) in [5, 5.41) is 15.4. The Morgan fingerprint density at radius 2 is 1.54 bits per heavy atom. The van der Waals surface area contributed by atoms with Crippen LogP contribution in [0.25, 0.3) is 0 Å². The van der Waals surface area contributed by atoms with Crippen LogP contribution in [0.2, 0.25) is 0 Å². The van der Waals surface area contributed by atoms with Crippen LogP contribution in [0.5, 0.6) is 0 Å². The second kappa shape index (κ2) is 11.9. The lowest BCUT2D eigenvalue weighted by molar-refractivity contribution is -0.193. The summed E-state index contributed by atoms with van der Waals surface area (Å²) >= 11 is 1.72.